The van der Waals surface area contributed by atoms with Gasteiger partial charge in [0, 0.05) is 21.4 Å². The van der Waals surface area contributed by atoms with Crippen molar-refractivity contribution in [2.45, 2.75) is 0 Å². The van der Waals surface area contributed by atoms with Crippen molar-refractivity contribution in [1.82, 2.24) is 10.2 Å². The molecule has 0 bridgehead atoms. The average Bonchev–Trinajstić information content (AvgIpc) is 2.69. The van der Waals surface area contributed by atoms with Gasteiger partial charge in [0.25, 0.3) is 0 Å². The smallest absolute Gasteiger partial charge is 0.335 e. The molecule has 0 fully saturated rings. The Morgan fingerprint density at radius 3 is 2.19 bits per heavy atom. The van der Waals surface area contributed by atoms with Crippen molar-refractivity contribution in [3.05, 3.63) is 83.4 Å². The minimum absolute atomic E-state index is 0.191. The standard InChI is InChI=1S/C21H13ClN2O3/c22-15-9-5-13(6-10-15)19-17-3-1-2-4-18(17)20(24-23-19)27-16-11-7-14(8-12-16)21(25)26/h1-12H,(H,25,26). The van der Waals surface area contributed by atoms with Gasteiger partial charge >= 0.3 is 5.97 Å². The van der Waals surface area contributed by atoms with Crippen molar-refractivity contribution >= 4 is 28.3 Å². The molecule has 0 saturated carbocycles. The van der Waals surface area contributed by atoms with Crippen molar-refractivity contribution < 1.29 is 14.6 Å². The van der Waals surface area contributed by atoms with E-state index < -0.39 is 5.97 Å². The fraction of sp³-hybridized carbons (Fsp3) is 0. The van der Waals surface area contributed by atoms with Gasteiger partial charge in [-0.15, -0.1) is 10.2 Å². The molecule has 0 spiro atoms. The Labute approximate surface area is 159 Å². The molecule has 0 aliphatic rings. The number of aromatic carboxylic acids is 1. The highest BCUT2D eigenvalue weighted by molar-refractivity contribution is 6.30. The van der Waals surface area contributed by atoms with Crippen LogP contribution in [0.4, 0.5) is 0 Å². The first kappa shape index (κ1) is 17.0. The lowest BCUT2D eigenvalue weighted by Gasteiger charge is -2.10. The molecule has 0 aliphatic heterocycles. The van der Waals surface area contributed by atoms with Crippen LogP contribution in [0.5, 0.6) is 11.6 Å². The molecule has 4 aromatic rings. The molecule has 132 valence electrons. The highest BCUT2D eigenvalue weighted by atomic mass is 35.5. The van der Waals surface area contributed by atoms with Crippen molar-refractivity contribution in [3.8, 4) is 22.9 Å². The van der Waals surface area contributed by atoms with Crippen LogP contribution in [0.15, 0.2) is 72.8 Å². The molecular formula is C21H13ClN2O3. The van der Waals surface area contributed by atoms with E-state index in [1.54, 1.807) is 12.1 Å². The summed E-state index contributed by atoms with van der Waals surface area (Å²) in [5.41, 5.74) is 1.83. The molecule has 0 saturated heterocycles. The normalized spacial score (nSPS) is 10.7. The monoisotopic (exact) mass is 376 g/mol. The third-order valence-electron chi connectivity index (χ3n) is 4.09. The summed E-state index contributed by atoms with van der Waals surface area (Å²) in [7, 11) is 0. The van der Waals surface area contributed by atoms with Crippen LogP contribution in [-0.4, -0.2) is 21.3 Å². The van der Waals surface area contributed by atoms with Gasteiger partial charge < -0.3 is 9.84 Å². The Balaban J connectivity index is 1.75. The summed E-state index contributed by atoms with van der Waals surface area (Å²) in [5, 5.41) is 19.9. The van der Waals surface area contributed by atoms with Gasteiger partial charge in [0.2, 0.25) is 5.88 Å². The van der Waals surface area contributed by atoms with Gasteiger partial charge in [-0.2, -0.15) is 0 Å². The molecule has 0 unspecified atom stereocenters. The summed E-state index contributed by atoms with van der Waals surface area (Å²) in [6.45, 7) is 0. The summed E-state index contributed by atoms with van der Waals surface area (Å²) in [6.07, 6.45) is 0. The van der Waals surface area contributed by atoms with Gasteiger partial charge in [0.15, 0.2) is 0 Å². The molecule has 1 aromatic heterocycles. The molecule has 6 heteroatoms. The Bertz CT molecular complexity index is 1130. The Morgan fingerprint density at radius 2 is 1.52 bits per heavy atom. The number of carbonyl (C=O) groups is 1. The number of hydrogen-bond donors (Lipinski definition) is 1. The summed E-state index contributed by atoms with van der Waals surface area (Å²) in [5.74, 6) is -0.149. The number of nitrogens with zero attached hydrogens (tertiary/aromatic N) is 2. The summed E-state index contributed by atoms with van der Waals surface area (Å²) in [4.78, 5) is 11.0. The fourth-order valence-corrected chi connectivity index (χ4v) is 2.88. The quantitative estimate of drug-likeness (QED) is 0.513. The van der Waals surface area contributed by atoms with Crippen LogP contribution in [0.2, 0.25) is 5.02 Å². The van der Waals surface area contributed by atoms with E-state index in [0.717, 1.165) is 22.0 Å². The van der Waals surface area contributed by atoms with Crippen molar-refractivity contribution in [1.29, 1.82) is 0 Å². The first-order valence-corrected chi connectivity index (χ1v) is 8.52. The molecule has 1 N–H and O–H groups in total. The molecular weight excluding hydrogens is 364 g/mol. The zero-order valence-corrected chi connectivity index (χ0v) is 14.7. The highest BCUT2D eigenvalue weighted by Gasteiger charge is 2.13. The van der Waals surface area contributed by atoms with Gasteiger partial charge in [0.05, 0.1) is 5.56 Å². The summed E-state index contributed by atoms with van der Waals surface area (Å²) < 4.78 is 5.85. The average molecular weight is 377 g/mol. The highest BCUT2D eigenvalue weighted by Crippen LogP contribution is 2.33. The van der Waals surface area contributed by atoms with Crippen molar-refractivity contribution in [3.63, 3.8) is 0 Å². The minimum atomic E-state index is -0.987. The zero-order chi connectivity index (χ0) is 18.8. The number of benzene rings is 3. The van der Waals surface area contributed by atoms with Gasteiger partial charge in [-0.1, -0.05) is 41.9 Å². The second-order valence-electron chi connectivity index (χ2n) is 5.84. The molecule has 5 nitrogen and oxygen atoms in total. The Morgan fingerprint density at radius 1 is 0.852 bits per heavy atom. The predicted molar refractivity (Wildman–Crippen MR) is 103 cm³/mol. The van der Waals surface area contributed by atoms with E-state index in [2.05, 4.69) is 10.2 Å². The number of carboxylic acids is 1. The lowest BCUT2D eigenvalue weighted by Crippen LogP contribution is -1.97. The molecule has 0 amide bonds. The third-order valence-corrected chi connectivity index (χ3v) is 4.34. The number of carboxylic acid groups (broad SMARTS) is 1. The maximum absolute atomic E-state index is 11.0. The first-order valence-electron chi connectivity index (χ1n) is 8.14. The van der Waals surface area contributed by atoms with Crippen molar-refractivity contribution in [2.24, 2.45) is 0 Å². The van der Waals surface area contributed by atoms with Crippen LogP contribution in [0.1, 0.15) is 10.4 Å². The van der Waals surface area contributed by atoms with E-state index in [9.17, 15) is 4.79 Å². The lowest BCUT2D eigenvalue weighted by atomic mass is 10.1. The second kappa shape index (κ2) is 7.05. The minimum Gasteiger partial charge on any atom is -0.478 e. The van der Waals surface area contributed by atoms with E-state index in [0.29, 0.717) is 16.7 Å². The van der Waals surface area contributed by atoms with Crippen LogP contribution in [0.25, 0.3) is 22.0 Å². The number of halogens is 1. The van der Waals surface area contributed by atoms with Crippen LogP contribution in [-0.2, 0) is 0 Å². The van der Waals surface area contributed by atoms with Gasteiger partial charge in [-0.3, -0.25) is 0 Å². The number of aromatic nitrogens is 2. The SMILES string of the molecule is O=C(O)c1ccc(Oc2nnc(-c3ccc(Cl)cc3)c3ccccc23)cc1. The molecule has 4 rings (SSSR count). The molecule has 3 aromatic carbocycles. The summed E-state index contributed by atoms with van der Waals surface area (Å²) >= 11 is 5.97. The molecule has 0 aliphatic carbocycles. The van der Waals surface area contributed by atoms with Crippen LogP contribution >= 0.6 is 11.6 Å². The van der Waals surface area contributed by atoms with E-state index in [1.807, 2.05) is 48.5 Å². The number of hydrogen-bond acceptors (Lipinski definition) is 4. The maximum atomic E-state index is 11.0. The molecule has 27 heavy (non-hydrogen) atoms. The molecule has 1 heterocycles. The van der Waals surface area contributed by atoms with Crippen LogP contribution in [0, 0.1) is 0 Å². The summed E-state index contributed by atoms with van der Waals surface area (Å²) in [6, 6.07) is 21.2. The van der Waals surface area contributed by atoms with Gasteiger partial charge in [-0.05, 0) is 42.5 Å². The van der Waals surface area contributed by atoms with E-state index >= 15 is 0 Å². The first-order chi connectivity index (χ1) is 13.1. The van der Waals surface area contributed by atoms with E-state index in [-0.39, 0.29) is 5.56 Å². The van der Waals surface area contributed by atoms with Gasteiger partial charge in [0.1, 0.15) is 11.4 Å². The third kappa shape index (κ3) is 3.45. The van der Waals surface area contributed by atoms with Gasteiger partial charge in [-0.25, -0.2) is 4.79 Å². The number of rotatable bonds is 4. The molecule has 0 atom stereocenters. The lowest BCUT2D eigenvalue weighted by molar-refractivity contribution is 0.0697. The number of ether oxygens (including phenoxy) is 1. The zero-order valence-electron chi connectivity index (χ0n) is 14.0. The predicted octanol–water partition coefficient (Wildman–Crippen LogP) is 5.44. The van der Waals surface area contributed by atoms with Crippen molar-refractivity contribution in [2.75, 3.05) is 0 Å². The second-order valence-corrected chi connectivity index (χ2v) is 6.27. The Kier molecular flexibility index (Phi) is 4.44. The molecule has 0 radical (unpaired) electrons. The largest absolute Gasteiger partial charge is 0.478 e. The Hall–Kier alpha value is -3.44. The number of fused-ring (bicyclic) bond motifs is 1. The van der Waals surface area contributed by atoms with Crippen LogP contribution in [0.3, 0.4) is 0 Å². The fourth-order valence-electron chi connectivity index (χ4n) is 2.75. The van der Waals surface area contributed by atoms with E-state index in [4.69, 9.17) is 21.4 Å². The van der Waals surface area contributed by atoms with E-state index in [1.165, 1.54) is 12.1 Å². The topological polar surface area (TPSA) is 72.3 Å². The van der Waals surface area contributed by atoms with Crippen LogP contribution < -0.4 is 4.74 Å². The maximum Gasteiger partial charge on any atom is 0.335 e.